The Balaban J connectivity index is 2.81. The Morgan fingerprint density at radius 2 is 2.24 bits per heavy atom. The van der Waals surface area contributed by atoms with E-state index in [1.54, 1.807) is 23.9 Å². The summed E-state index contributed by atoms with van der Waals surface area (Å²) in [5.41, 5.74) is 0.629. The molecule has 1 amide bonds. The molecular weight excluding hydrogens is 239 g/mol. The molecule has 5 heteroatoms. The topological polar surface area (TPSA) is 41.1 Å². The summed E-state index contributed by atoms with van der Waals surface area (Å²) in [6.45, 7) is 3.02. The van der Waals surface area contributed by atoms with Crippen molar-refractivity contribution in [2.75, 3.05) is 30.4 Å². The first kappa shape index (κ1) is 13.8. The third-order valence-corrected chi connectivity index (χ3v) is 2.82. The number of benzene rings is 1. The lowest BCUT2D eigenvalue weighted by atomic mass is 10.1. The van der Waals surface area contributed by atoms with Crippen LogP contribution in [0.15, 0.2) is 18.2 Å². The molecule has 0 radical (unpaired) electrons. The van der Waals surface area contributed by atoms with Gasteiger partial charge in [0.25, 0.3) is 5.91 Å². The largest absolute Gasteiger partial charge is 0.382 e. The van der Waals surface area contributed by atoms with E-state index in [1.165, 1.54) is 6.07 Å². The van der Waals surface area contributed by atoms with Crippen molar-refractivity contribution in [3.63, 3.8) is 0 Å². The second-order valence-corrected chi connectivity index (χ2v) is 4.43. The van der Waals surface area contributed by atoms with Gasteiger partial charge in [0.15, 0.2) is 0 Å². The summed E-state index contributed by atoms with van der Waals surface area (Å²) in [6, 6.07) is 4.51. The van der Waals surface area contributed by atoms with Crippen LogP contribution in [0.25, 0.3) is 0 Å². The standard InChI is InChI=1S/C12H17FN2OS/c1-3-14-11-9(5-4-6-10(11)13)12(16)15-7-8-17-2/h4-6,14H,3,7-8H2,1-2H3,(H,15,16). The smallest absolute Gasteiger partial charge is 0.253 e. The van der Waals surface area contributed by atoms with Gasteiger partial charge in [0.2, 0.25) is 0 Å². The van der Waals surface area contributed by atoms with Crippen molar-refractivity contribution in [1.82, 2.24) is 5.32 Å². The number of carbonyl (C=O) groups excluding carboxylic acids is 1. The molecule has 0 fully saturated rings. The summed E-state index contributed by atoms with van der Waals surface area (Å²) in [5.74, 6) is 0.205. The molecular formula is C12H17FN2OS. The first-order valence-electron chi connectivity index (χ1n) is 5.50. The van der Waals surface area contributed by atoms with Gasteiger partial charge in [0, 0.05) is 18.8 Å². The summed E-state index contributed by atoms with van der Waals surface area (Å²) < 4.78 is 13.5. The Kier molecular flexibility index (Phi) is 5.83. The zero-order chi connectivity index (χ0) is 12.7. The molecule has 0 aliphatic rings. The SMILES string of the molecule is CCNc1c(F)cccc1C(=O)NCCSC. The van der Waals surface area contributed by atoms with Crippen molar-refractivity contribution >= 4 is 23.4 Å². The van der Waals surface area contributed by atoms with E-state index < -0.39 is 5.82 Å². The number of rotatable bonds is 6. The van der Waals surface area contributed by atoms with Gasteiger partial charge >= 0.3 is 0 Å². The number of thioether (sulfide) groups is 1. The van der Waals surface area contributed by atoms with Crippen LogP contribution in [0.5, 0.6) is 0 Å². The fourth-order valence-corrected chi connectivity index (χ4v) is 1.74. The van der Waals surface area contributed by atoms with Crippen molar-refractivity contribution in [3.8, 4) is 0 Å². The van der Waals surface area contributed by atoms with Crippen LogP contribution in [-0.4, -0.2) is 31.0 Å². The van der Waals surface area contributed by atoms with Gasteiger partial charge in [-0.15, -0.1) is 0 Å². The van der Waals surface area contributed by atoms with Crippen molar-refractivity contribution in [2.24, 2.45) is 0 Å². The molecule has 0 aliphatic carbocycles. The highest BCUT2D eigenvalue weighted by atomic mass is 32.2. The van der Waals surface area contributed by atoms with Crippen LogP contribution in [0.3, 0.4) is 0 Å². The first-order chi connectivity index (χ1) is 8.20. The minimum atomic E-state index is -0.399. The zero-order valence-electron chi connectivity index (χ0n) is 10.0. The molecule has 17 heavy (non-hydrogen) atoms. The first-order valence-corrected chi connectivity index (χ1v) is 6.89. The predicted octanol–water partition coefficient (Wildman–Crippen LogP) is 2.35. The Morgan fingerprint density at radius 1 is 1.47 bits per heavy atom. The van der Waals surface area contributed by atoms with Crippen molar-refractivity contribution < 1.29 is 9.18 Å². The number of nitrogens with one attached hydrogen (secondary N) is 2. The lowest BCUT2D eigenvalue weighted by molar-refractivity contribution is 0.0956. The van der Waals surface area contributed by atoms with E-state index in [9.17, 15) is 9.18 Å². The molecule has 0 saturated heterocycles. The molecule has 0 heterocycles. The van der Waals surface area contributed by atoms with E-state index in [2.05, 4.69) is 10.6 Å². The Labute approximate surface area is 105 Å². The molecule has 94 valence electrons. The van der Waals surface area contributed by atoms with Crippen LogP contribution in [0.4, 0.5) is 10.1 Å². The second-order valence-electron chi connectivity index (χ2n) is 3.44. The van der Waals surface area contributed by atoms with Gasteiger partial charge in [-0.05, 0) is 25.3 Å². The average Bonchev–Trinajstić information content (AvgIpc) is 2.32. The molecule has 1 rings (SSSR count). The second kappa shape index (κ2) is 7.17. The fourth-order valence-electron chi connectivity index (χ4n) is 1.43. The van der Waals surface area contributed by atoms with Crippen LogP contribution in [0, 0.1) is 5.82 Å². The average molecular weight is 256 g/mol. The maximum absolute atomic E-state index is 13.5. The summed E-state index contributed by atoms with van der Waals surface area (Å²) >= 11 is 1.65. The van der Waals surface area contributed by atoms with Crippen molar-refractivity contribution in [3.05, 3.63) is 29.6 Å². The molecule has 0 bridgehead atoms. The molecule has 0 saturated carbocycles. The maximum atomic E-state index is 13.5. The van der Waals surface area contributed by atoms with Gasteiger partial charge in [-0.2, -0.15) is 11.8 Å². The minimum Gasteiger partial charge on any atom is -0.382 e. The van der Waals surface area contributed by atoms with Gasteiger partial charge in [-0.3, -0.25) is 4.79 Å². The van der Waals surface area contributed by atoms with Crippen molar-refractivity contribution in [2.45, 2.75) is 6.92 Å². The maximum Gasteiger partial charge on any atom is 0.253 e. The molecule has 0 aromatic heterocycles. The molecule has 3 nitrogen and oxygen atoms in total. The molecule has 0 aliphatic heterocycles. The van der Waals surface area contributed by atoms with E-state index in [0.717, 1.165) is 5.75 Å². The summed E-state index contributed by atoms with van der Waals surface area (Å²) in [6.07, 6.45) is 1.97. The van der Waals surface area contributed by atoms with Gasteiger partial charge < -0.3 is 10.6 Å². The van der Waals surface area contributed by atoms with E-state index in [0.29, 0.717) is 18.7 Å². The van der Waals surface area contributed by atoms with E-state index in [4.69, 9.17) is 0 Å². The number of para-hydroxylation sites is 1. The van der Waals surface area contributed by atoms with Gasteiger partial charge in [-0.25, -0.2) is 4.39 Å². The molecule has 0 unspecified atom stereocenters. The Bertz CT molecular complexity index is 385. The molecule has 0 atom stereocenters. The number of amides is 1. The highest BCUT2D eigenvalue weighted by Gasteiger charge is 2.13. The zero-order valence-corrected chi connectivity index (χ0v) is 10.9. The number of hydrogen-bond acceptors (Lipinski definition) is 3. The summed E-state index contributed by atoms with van der Waals surface area (Å²) in [7, 11) is 0. The van der Waals surface area contributed by atoms with Crippen LogP contribution in [0.1, 0.15) is 17.3 Å². The highest BCUT2D eigenvalue weighted by molar-refractivity contribution is 7.98. The van der Waals surface area contributed by atoms with Gasteiger partial charge in [-0.1, -0.05) is 6.07 Å². The molecule has 0 spiro atoms. The Hall–Kier alpha value is -1.23. The Morgan fingerprint density at radius 3 is 2.88 bits per heavy atom. The summed E-state index contributed by atoms with van der Waals surface area (Å²) in [5, 5.41) is 5.63. The van der Waals surface area contributed by atoms with E-state index >= 15 is 0 Å². The lowest BCUT2D eigenvalue weighted by Crippen LogP contribution is -2.26. The van der Waals surface area contributed by atoms with Crippen LogP contribution in [0.2, 0.25) is 0 Å². The highest BCUT2D eigenvalue weighted by Crippen LogP contribution is 2.19. The fraction of sp³-hybridized carbons (Fsp3) is 0.417. The van der Waals surface area contributed by atoms with Crippen LogP contribution in [-0.2, 0) is 0 Å². The number of hydrogen-bond donors (Lipinski definition) is 2. The summed E-state index contributed by atoms with van der Waals surface area (Å²) in [4.78, 5) is 11.8. The van der Waals surface area contributed by atoms with Crippen LogP contribution < -0.4 is 10.6 Å². The van der Waals surface area contributed by atoms with Crippen molar-refractivity contribution in [1.29, 1.82) is 0 Å². The normalized spacial score (nSPS) is 10.1. The van der Waals surface area contributed by atoms with E-state index in [-0.39, 0.29) is 11.6 Å². The third kappa shape index (κ3) is 3.93. The predicted molar refractivity (Wildman–Crippen MR) is 71.3 cm³/mol. The minimum absolute atomic E-state index is 0.241. The molecule has 1 aromatic carbocycles. The molecule has 2 N–H and O–H groups in total. The third-order valence-electron chi connectivity index (χ3n) is 2.20. The molecule has 1 aromatic rings. The number of carbonyl (C=O) groups is 1. The van der Waals surface area contributed by atoms with E-state index in [1.807, 2.05) is 13.2 Å². The van der Waals surface area contributed by atoms with Crippen LogP contribution >= 0.6 is 11.8 Å². The lowest BCUT2D eigenvalue weighted by Gasteiger charge is -2.11. The monoisotopic (exact) mass is 256 g/mol. The quantitative estimate of drug-likeness (QED) is 0.768. The van der Waals surface area contributed by atoms with Gasteiger partial charge in [0.05, 0.1) is 11.3 Å². The number of halogens is 1. The van der Waals surface area contributed by atoms with Gasteiger partial charge in [0.1, 0.15) is 5.82 Å². The number of anilines is 1.